The lowest BCUT2D eigenvalue weighted by atomic mass is 10.1. The van der Waals surface area contributed by atoms with Gasteiger partial charge in [0.2, 0.25) is 15.9 Å². The number of anilines is 1. The Labute approximate surface area is 205 Å². The molecule has 0 radical (unpaired) electrons. The van der Waals surface area contributed by atoms with Gasteiger partial charge in [0, 0.05) is 19.8 Å². The highest BCUT2D eigenvalue weighted by atomic mass is 32.2. The molecule has 0 aliphatic carbocycles. The van der Waals surface area contributed by atoms with Gasteiger partial charge in [-0.3, -0.25) is 18.7 Å². The van der Waals surface area contributed by atoms with Crippen molar-refractivity contribution in [2.45, 2.75) is 17.4 Å². The Kier molecular flexibility index (Phi) is 6.86. The van der Waals surface area contributed by atoms with Crippen LogP contribution in [0.15, 0.2) is 87.3 Å². The summed E-state index contributed by atoms with van der Waals surface area (Å²) in [4.78, 5) is 37.6. The average Bonchev–Trinajstić information content (AvgIpc) is 2.87. The van der Waals surface area contributed by atoms with Crippen molar-refractivity contribution in [1.29, 1.82) is 0 Å². The van der Waals surface area contributed by atoms with Crippen LogP contribution >= 0.6 is 0 Å². The van der Waals surface area contributed by atoms with E-state index in [2.05, 4.69) is 10.0 Å². The smallest absolute Gasteiger partial charge is 0.325 e. The van der Waals surface area contributed by atoms with E-state index < -0.39 is 39.0 Å². The van der Waals surface area contributed by atoms with E-state index in [4.69, 9.17) is 0 Å². The van der Waals surface area contributed by atoms with Crippen molar-refractivity contribution in [3.63, 3.8) is 0 Å². The fourth-order valence-electron chi connectivity index (χ4n) is 3.80. The van der Waals surface area contributed by atoms with E-state index >= 15 is 0 Å². The van der Waals surface area contributed by atoms with Crippen molar-refractivity contribution in [2.24, 2.45) is 14.1 Å². The largest absolute Gasteiger partial charge is 0.330 e. The van der Waals surface area contributed by atoms with Gasteiger partial charge in [0.15, 0.2) is 0 Å². The number of nitrogens with zero attached hydrogens (tertiary/aromatic N) is 2. The van der Waals surface area contributed by atoms with E-state index in [1.54, 1.807) is 30.3 Å². The van der Waals surface area contributed by atoms with E-state index in [9.17, 15) is 27.2 Å². The van der Waals surface area contributed by atoms with E-state index in [1.807, 2.05) is 0 Å². The Morgan fingerprint density at radius 2 is 1.61 bits per heavy atom. The lowest BCUT2D eigenvalue weighted by molar-refractivity contribution is -0.117. The molecule has 0 bridgehead atoms. The molecule has 4 aromatic rings. The third kappa shape index (κ3) is 5.11. The second-order valence-electron chi connectivity index (χ2n) is 8.24. The molecule has 2 N–H and O–H groups in total. The van der Waals surface area contributed by atoms with Crippen LogP contribution in [-0.2, 0) is 35.3 Å². The van der Waals surface area contributed by atoms with E-state index in [-0.39, 0.29) is 22.2 Å². The van der Waals surface area contributed by atoms with Crippen molar-refractivity contribution in [3.8, 4) is 0 Å². The molecule has 186 valence electrons. The highest BCUT2D eigenvalue weighted by molar-refractivity contribution is 7.89. The first kappa shape index (κ1) is 25.0. The molecule has 0 aliphatic rings. The summed E-state index contributed by atoms with van der Waals surface area (Å²) >= 11 is 0. The van der Waals surface area contributed by atoms with Crippen LogP contribution in [0.4, 0.5) is 10.1 Å². The van der Waals surface area contributed by atoms with Gasteiger partial charge in [0.25, 0.3) is 5.56 Å². The molecule has 0 saturated carbocycles. The predicted molar refractivity (Wildman–Crippen MR) is 134 cm³/mol. The van der Waals surface area contributed by atoms with Crippen LogP contribution in [0.1, 0.15) is 5.56 Å². The molecule has 3 aromatic carbocycles. The normalized spacial score (nSPS) is 12.4. The first-order valence-electron chi connectivity index (χ1n) is 10.9. The van der Waals surface area contributed by atoms with Crippen molar-refractivity contribution < 1.29 is 17.6 Å². The predicted octanol–water partition coefficient (Wildman–Crippen LogP) is 1.90. The van der Waals surface area contributed by atoms with E-state index in [0.29, 0.717) is 11.3 Å². The molecule has 1 heterocycles. The number of nitrogens with one attached hydrogen (secondary N) is 2. The van der Waals surface area contributed by atoms with Crippen molar-refractivity contribution in [2.75, 3.05) is 5.32 Å². The van der Waals surface area contributed by atoms with Crippen molar-refractivity contribution in [1.82, 2.24) is 13.9 Å². The SMILES string of the molecule is Cn1c(=O)c2cc(S(=O)(=O)N[C@H](Cc3ccccc3)C(=O)Nc3ccc(F)cc3)ccc2n(C)c1=O. The van der Waals surface area contributed by atoms with Crippen LogP contribution in [-0.4, -0.2) is 29.5 Å². The van der Waals surface area contributed by atoms with Gasteiger partial charge in [0.1, 0.15) is 11.9 Å². The number of rotatable bonds is 7. The molecule has 0 unspecified atom stereocenters. The van der Waals surface area contributed by atoms with Gasteiger partial charge in [-0.1, -0.05) is 30.3 Å². The number of carbonyl (C=O) groups excluding carboxylic acids is 1. The summed E-state index contributed by atoms with van der Waals surface area (Å²) in [5, 5.41) is 2.64. The molecule has 4 rings (SSSR count). The molecule has 0 fully saturated rings. The minimum atomic E-state index is -4.27. The Morgan fingerprint density at radius 3 is 2.28 bits per heavy atom. The molecule has 0 saturated heterocycles. The third-order valence-electron chi connectivity index (χ3n) is 5.76. The summed E-state index contributed by atoms with van der Waals surface area (Å²) in [6.45, 7) is 0. The molecule has 1 atom stereocenters. The second-order valence-corrected chi connectivity index (χ2v) is 9.96. The number of carbonyl (C=O) groups is 1. The number of aryl methyl sites for hydroxylation is 1. The molecule has 0 spiro atoms. The fraction of sp³-hybridized carbons (Fsp3) is 0.160. The number of hydrogen-bond donors (Lipinski definition) is 2. The molecule has 1 amide bonds. The van der Waals surface area contributed by atoms with Crippen LogP contribution in [0, 0.1) is 5.82 Å². The zero-order valence-corrected chi connectivity index (χ0v) is 20.3. The Morgan fingerprint density at radius 1 is 0.944 bits per heavy atom. The molecular formula is C25H23FN4O5S. The quantitative estimate of drug-likeness (QED) is 0.394. The maximum atomic E-state index is 13.3. The molecule has 11 heteroatoms. The van der Waals surface area contributed by atoms with Crippen LogP contribution in [0.3, 0.4) is 0 Å². The van der Waals surface area contributed by atoms with E-state index in [1.165, 1.54) is 61.1 Å². The maximum absolute atomic E-state index is 13.3. The molecular weight excluding hydrogens is 487 g/mol. The summed E-state index contributed by atoms with van der Waals surface area (Å²) in [5.74, 6) is -1.12. The molecule has 0 aliphatic heterocycles. The van der Waals surface area contributed by atoms with Gasteiger partial charge in [-0.15, -0.1) is 0 Å². The number of halogens is 1. The minimum absolute atomic E-state index is 0.0386. The van der Waals surface area contributed by atoms with Crippen LogP contribution in [0.2, 0.25) is 0 Å². The molecule has 1 aromatic heterocycles. The average molecular weight is 511 g/mol. The first-order valence-corrected chi connectivity index (χ1v) is 12.4. The monoisotopic (exact) mass is 510 g/mol. The standard InChI is InChI=1S/C25H23FN4O5S/c1-29-22-13-12-19(15-20(22)24(32)30(2)25(29)33)36(34,35)28-21(14-16-6-4-3-5-7-16)23(31)27-18-10-8-17(26)9-11-18/h3-13,15,21,28H,14H2,1-2H3,(H,27,31)/t21-/m1/s1. The summed E-state index contributed by atoms with van der Waals surface area (Å²) in [5.41, 5.74) is 0.106. The van der Waals surface area contributed by atoms with E-state index in [0.717, 1.165) is 4.57 Å². The lowest BCUT2D eigenvalue weighted by Crippen LogP contribution is -2.45. The Hall–Kier alpha value is -4.09. The number of amides is 1. The number of sulfonamides is 1. The molecule has 36 heavy (non-hydrogen) atoms. The highest BCUT2D eigenvalue weighted by Crippen LogP contribution is 2.17. The van der Waals surface area contributed by atoms with Crippen LogP contribution in [0.25, 0.3) is 10.9 Å². The number of fused-ring (bicyclic) bond motifs is 1. The maximum Gasteiger partial charge on any atom is 0.330 e. The van der Waals surface area contributed by atoms with Crippen molar-refractivity contribution >= 4 is 32.5 Å². The summed E-state index contributed by atoms with van der Waals surface area (Å²) in [6, 6.07) is 16.5. The third-order valence-corrected chi connectivity index (χ3v) is 7.23. The zero-order valence-electron chi connectivity index (χ0n) is 19.4. The topological polar surface area (TPSA) is 119 Å². The van der Waals surface area contributed by atoms with Gasteiger partial charge < -0.3 is 5.32 Å². The number of aromatic nitrogens is 2. The van der Waals surface area contributed by atoms with Gasteiger partial charge in [0.05, 0.1) is 15.8 Å². The number of benzene rings is 3. The lowest BCUT2D eigenvalue weighted by Gasteiger charge is -2.19. The van der Waals surface area contributed by atoms with Gasteiger partial charge in [-0.25, -0.2) is 17.6 Å². The molecule has 9 nitrogen and oxygen atoms in total. The van der Waals surface area contributed by atoms with Crippen LogP contribution < -0.4 is 21.3 Å². The highest BCUT2D eigenvalue weighted by Gasteiger charge is 2.27. The van der Waals surface area contributed by atoms with Gasteiger partial charge >= 0.3 is 5.69 Å². The number of hydrogen-bond acceptors (Lipinski definition) is 5. The fourth-order valence-corrected chi connectivity index (χ4v) is 5.02. The van der Waals surface area contributed by atoms with Gasteiger partial charge in [-0.05, 0) is 54.4 Å². The summed E-state index contributed by atoms with van der Waals surface area (Å²) in [6.07, 6.45) is 0.0386. The van der Waals surface area contributed by atoms with Crippen molar-refractivity contribution in [3.05, 3.63) is 105 Å². The van der Waals surface area contributed by atoms with Gasteiger partial charge in [-0.2, -0.15) is 4.72 Å². The zero-order chi connectivity index (χ0) is 26.0. The minimum Gasteiger partial charge on any atom is -0.325 e. The Bertz CT molecular complexity index is 1660. The summed E-state index contributed by atoms with van der Waals surface area (Å²) < 4.78 is 44.4. The van der Waals surface area contributed by atoms with Crippen LogP contribution in [0.5, 0.6) is 0 Å². The second kappa shape index (κ2) is 9.88. The first-order chi connectivity index (χ1) is 17.1. The Balaban J connectivity index is 1.70. The summed E-state index contributed by atoms with van der Waals surface area (Å²) in [7, 11) is -1.49.